The number of ether oxygens (including phenoxy) is 1. The molecule has 30 nitrogen and oxygen atoms in total. The van der Waals surface area contributed by atoms with Crippen LogP contribution in [-0.4, -0.2) is 180 Å². The summed E-state index contributed by atoms with van der Waals surface area (Å²) >= 11 is 0. The molecule has 1 aromatic rings. The summed E-state index contributed by atoms with van der Waals surface area (Å²) in [5.41, 5.74) is 23.1. The van der Waals surface area contributed by atoms with Gasteiger partial charge in [0.05, 0.1) is 13.2 Å². The van der Waals surface area contributed by atoms with Gasteiger partial charge in [-0.15, -0.1) is 0 Å². The lowest BCUT2D eigenvalue weighted by Gasteiger charge is -2.31. The summed E-state index contributed by atoms with van der Waals surface area (Å²) in [5, 5.41) is 47.5. The van der Waals surface area contributed by atoms with Crippen LogP contribution in [0.5, 0.6) is 0 Å². The number of amides is 10. The van der Waals surface area contributed by atoms with Crippen LogP contribution in [-0.2, 0) is 63.9 Å². The summed E-state index contributed by atoms with van der Waals surface area (Å²) in [5.74, 6) is -12.7. The molecule has 1 aromatic carbocycles. The van der Waals surface area contributed by atoms with Gasteiger partial charge in [-0.05, 0) is 87.0 Å². The van der Waals surface area contributed by atoms with Crippen molar-refractivity contribution in [3.05, 3.63) is 35.9 Å². The van der Waals surface area contributed by atoms with E-state index >= 15 is 0 Å². The van der Waals surface area contributed by atoms with Gasteiger partial charge in [-0.2, -0.15) is 0 Å². The Morgan fingerprint density at radius 3 is 1.48 bits per heavy atom. The third-order valence-electron chi connectivity index (χ3n) is 16.8. The quantitative estimate of drug-likeness (QED) is 0.0154. The molecule has 1 saturated heterocycles. The highest BCUT2D eigenvalue weighted by Gasteiger charge is 2.41. The molecule has 20 N–H and O–H groups in total. The number of aliphatic hydroxyl groups is 2. The first-order valence-electron chi connectivity index (χ1n) is 32.5. The zero-order valence-corrected chi connectivity index (χ0v) is 56.3. The molecule has 0 aromatic heterocycles. The van der Waals surface area contributed by atoms with Crippen molar-refractivity contribution in [2.45, 2.75) is 220 Å². The number of hydrogen-bond acceptors (Lipinski definition) is 16. The fourth-order valence-electron chi connectivity index (χ4n) is 10.1. The standard InChI is InChI=1S/C63H108N16O14/c1-13-34(8)46(75-51(82)40(17-5)30-39-23-19-18-20-24-39)57(88)73-44(31-80)55(86)70-42(26-22-28-69-63(66)67)53(84)76-48(36(10)15-3)59(90)77-47(35(9)14-2)58(89)74-45(32-81)56(87)79-50-38(12)93-61(92)49(37(11)16-4)78-54(85)43(29-33(6)7)72-52(83)41(71-60(50)91)25-21-27-68-62(64)65/h18-20,23-24,33-38,40-50,80-81H,13-17,21-22,25-32H2,1-12H3,(H,70,86)(H,71,91)(H,72,83)(H,73,88)(H,74,89)(H,75,82)(H,76,84)(H,77,90)(H,78,85)(H,79,87)(H4,64,65,68)(H4,66,67,69)/t34-,35-,36+,37-,38-,40+,41-,42+,43-,44-,45-,46-,47-,48+,49-,50+/m0/s1. The van der Waals surface area contributed by atoms with Crippen LogP contribution in [0.3, 0.4) is 0 Å². The topological polar surface area (TPSA) is 487 Å². The molecule has 0 unspecified atom stereocenters. The number of rotatable bonds is 37. The van der Waals surface area contributed by atoms with E-state index in [0.717, 1.165) is 5.56 Å². The first-order chi connectivity index (χ1) is 43.9. The molecule has 1 aliphatic heterocycles. The Hall–Kier alpha value is -8.15. The second kappa shape index (κ2) is 41.4. The van der Waals surface area contributed by atoms with E-state index in [1.54, 1.807) is 48.5 Å². The zero-order chi connectivity index (χ0) is 70.2. The Balaban J connectivity index is 2.51. The minimum atomic E-state index is -1.83. The lowest BCUT2D eigenvalue weighted by atomic mass is 9.93. The molecular formula is C63H108N16O14. The van der Waals surface area contributed by atoms with Crippen molar-refractivity contribution in [3.8, 4) is 0 Å². The molecular weight excluding hydrogens is 1200 g/mol. The number of nitrogens with two attached hydrogens (primary N) is 4. The average molecular weight is 1310 g/mol. The van der Waals surface area contributed by atoms with Gasteiger partial charge < -0.3 is 91.1 Å². The predicted octanol–water partition coefficient (Wildman–Crippen LogP) is -1.63. The van der Waals surface area contributed by atoms with Gasteiger partial charge in [0.1, 0.15) is 66.5 Å². The van der Waals surface area contributed by atoms with Gasteiger partial charge in [-0.25, -0.2) is 4.79 Å². The summed E-state index contributed by atoms with van der Waals surface area (Å²) in [6.45, 7) is 18.7. The Labute approximate surface area is 546 Å². The molecule has 30 heteroatoms. The summed E-state index contributed by atoms with van der Waals surface area (Å²) in [6.07, 6.45) is 0.990. The minimum Gasteiger partial charge on any atom is -0.458 e. The maximum atomic E-state index is 14.6. The van der Waals surface area contributed by atoms with Gasteiger partial charge >= 0.3 is 5.97 Å². The average Bonchev–Trinajstić information content (AvgIpc) is 2.06. The largest absolute Gasteiger partial charge is 0.458 e. The number of hydrogen-bond donors (Lipinski definition) is 16. The Morgan fingerprint density at radius 2 is 1.00 bits per heavy atom. The van der Waals surface area contributed by atoms with Crippen LogP contribution >= 0.6 is 0 Å². The molecule has 1 heterocycles. The molecule has 1 aliphatic rings. The Kier molecular flexibility index (Phi) is 36.1. The highest BCUT2D eigenvalue weighted by atomic mass is 16.5. The predicted molar refractivity (Wildman–Crippen MR) is 350 cm³/mol. The molecule has 2 rings (SSSR count). The van der Waals surface area contributed by atoms with E-state index < -0.39 is 168 Å². The Bertz CT molecular complexity index is 2680. The molecule has 0 spiro atoms. The molecule has 16 atom stereocenters. The maximum absolute atomic E-state index is 14.6. The van der Waals surface area contributed by atoms with Crippen molar-refractivity contribution < 1.29 is 67.7 Å². The van der Waals surface area contributed by atoms with Gasteiger partial charge in [0, 0.05) is 19.0 Å². The van der Waals surface area contributed by atoms with Crippen molar-refractivity contribution in [2.24, 2.45) is 68.4 Å². The second-order valence-corrected chi connectivity index (χ2v) is 24.6. The van der Waals surface area contributed by atoms with Gasteiger partial charge in [0.15, 0.2) is 11.9 Å². The number of aliphatic hydroxyl groups excluding tert-OH is 2. The van der Waals surface area contributed by atoms with Crippen LogP contribution in [0, 0.1) is 35.5 Å². The summed E-state index contributed by atoms with van der Waals surface area (Å²) < 4.78 is 5.80. The van der Waals surface area contributed by atoms with Crippen LogP contribution in [0.15, 0.2) is 40.3 Å². The lowest BCUT2D eigenvalue weighted by molar-refractivity contribution is -0.157. The number of nitrogens with one attached hydrogen (secondary N) is 10. The minimum absolute atomic E-state index is 0.0102. The van der Waals surface area contributed by atoms with Crippen LogP contribution < -0.4 is 76.1 Å². The number of nitrogens with zero attached hydrogens (tertiary/aromatic N) is 2. The van der Waals surface area contributed by atoms with Crippen LogP contribution in [0.4, 0.5) is 0 Å². The number of carbonyl (C=O) groups is 11. The fraction of sp³-hybridized carbons (Fsp3) is 0.698. The van der Waals surface area contributed by atoms with E-state index in [0.29, 0.717) is 32.1 Å². The van der Waals surface area contributed by atoms with E-state index in [1.165, 1.54) is 6.92 Å². The SMILES string of the molecule is CC[C@H](Cc1ccccc1)C(=O)N[C@H](C(=O)N[C@@H](CO)C(=O)N[C@H](CCCN=C(N)N)C(=O)N[C@@H](C(=O)N[C@H](C(=O)N[C@@H](CO)C(=O)N[C@H]1C(=O)N[C@@H](CCCN=C(N)N)C(=O)N[C@@H](CC(C)C)C(=O)N[C@@H]([C@@H](C)CC)C(=O)O[C@H]1C)[C@@H](C)CC)[C@H](C)CC)[C@@H](C)CC. The lowest BCUT2D eigenvalue weighted by Crippen LogP contribution is -2.63. The first kappa shape index (κ1) is 80.9. The van der Waals surface area contributed by atoms with E-state index in [2.05, 4.69) is 63.2 Å². The molecule has 0 radical (unpaired) electrons. The molecule has 0 saturated carbocycles. The van der Waals surface area contributed by atoms with E-state index in [4.69, 9.17) is 27.7 Å². The molecule has 0 aliphatic carbocycles. The molecule has 93 heavy (non-hydrogen) atoms. The van der Waals surface area contributed by atoms with Crippen molar-refractivity contribution >= 4 is 77.0 Å². The number of cyclic esters (lactones) is 1. The molecule has 10 amide bonds. The second-order valence-electron chi connectivity index (χ2n) is 24.6. The van der Waals surface area contributed by atoms with E-state index in [-0.39, 0.29) is 75.4 Å². The van der Waals surface area contributed by atoms with E-state index in [9.17, 15) is 63.0 Å². The summed E-state index contributed by atoms with van der Waals surface area (Å²) in [7, 11) is 0. The third kappa shape index (κ3) is 27.1. The van der Waals surface area contributed by atoms with Crippen LogP contribution in [0.25, 0.3) is 0 Å². The monoisotopic (exact) mass is 1310 g/mol. The highest BCUT2D eigenvalue weighted by Crippen LogP contribution is 2.19. The number of aliphatic imine (C=N–C) groups is 2. The summed E-state index contributed by atoms with van der Waals surface area (Å²) in [4.78, 5) is 164. The third-order valence-corrected chi connectivity index (χ3v) is 16.8. The smallest absolute Gasteiger partial charge is 0.329 e. The molecule has 524 valence electrons. The number of guanidine groups is 2. The van der Waals surface area contributed by atoms with Crippen molar-refractivity contribution in [1.29, 1.82) is 0 Å². The van der Waals surface area contributed by atoms with Crippen molar-refractivity contribution in [1.82, 2.24) is 53.2 Å². The first-order valence-corrected chi connectivity index (χ1v) is 32.5. The van der Waals surface area contributed by atoms with Crippen molar-refractivity contribution in [2.75, 3.05) is 26.3 Å². The normalized spacial score (nSPS) is 20.6. The summed E-state index contributed by atoms with van der Waals surface area (Å²) in [6, 6.07) is -5.04. The van der Waals surface area contributed by atoms with E-state index in [1.807, 2.05) is 58.0 Å². The number of esters is 1. The number of carbonyl (C=O) groups excluding carboxylic acids is 11. The van der Waals surface area contributed by atoms with Gasteiger partial charge in [0.2, 0.25) is 59.1 Å². The van der Waals surface area contributed by atoms with Crippen LogP contribution in [0.2, 0.25) is 0 Å². The van der Waals surface area contributed by atoms with Crippen LogP contribution in [0.1, 0.15) is 153 Å². The maximum Gasteiger partial charge on any atom is 0.329 e. The van der Waals surface area contributed by atoms with Crippen molar-refractivity contribution in [3.63, 3.8) is 0 Å². The molecule has 0 bridgehead atoms. The van der Waals surface area contributed by atoms with Gasteiger partial charge in [-0.3, -0.25) is 57.9 Å². The van der Waals surface area contributed by atoms with Gasteiger partial charge in [0.25, 0.3) is 0 Å². The Morgan fingerprint density at radius 1 is 0.548 bits per heavy atom. The zero-order valence-electron chi connectivity index (χ0n) is 56.3. The van der Waals surface area contributed by atoms with Gasteiger partial charge in [-0.1, -0.05) is 132 Å². The number of benzene rings is 1. The highest BCUT2D eigenvalue weighted by molar-refractivity contribution is 5.99. The molecule has 1 fully saturated rings. The fourth-order valence-corrected chi connectivity index (χ4v) is 10.1.